The van der Waals surface area contributed by atoms with Gasteiger partial charge in [-0.1, -0.05) is 19.9 Å². The fourth-order valence-corrected chi connectivity index (χ4v) is 6.63. The summed E-state index contributed by atoms with van der Waals surface area (Å²) in [4.78, 5) is 41.9. The predicted molar refractivity (Wildman–Crippen MR) is 191 cm³/mol. The minimum Gasteiger partial charge on any atom is -0.476 e. The zero-order chi connectivity index (χ0) is 38.0. The van der Waals surface area contributed by atoms with Crippen LogP contribution in [0.15, 0.2) is 64.6 Å². The molecule has 3 aromatic rings. The van der Waals surface area contributed by atoms with E-state index in [4.69, 9.17) is 15.0 Å². The highest BCUT2D eigenvalue weighted by Crippen LogP contribution is 2.43. The third-order valence-electron chi connectivity index (χ3n) is 8.32. The highest BCUT2D eigenvalue weighted by Gasteiger charge is 2.31. The minimum absolute atomic E-state index is 0.0155. The number of benzene rings is 1. The second-order valence-corrected chi connectivity index (χ2v) is 14.7. The van der Waals surface area contributed by atoms with E-state index in [9.17, 15) is 27.2 Å². The lowest BCUT2D eigenvalue weighted by atomic mass is 9.91. The van der Waals surface area contributed by atoms with Gasteiger partial charge >= 0.3 is 0 Å². The molecule has 1 unspecified atom stereocenters. The summed E-state index contributed by atoms with van der Waals surface area (Å²) in [6, 6.07) is 5.22. The first kappa shape index (κ1) is 39.4. The fourth-order valence-electron chi connectivity index (χ4n) is 5.82. The average Bonchev–Trinajstić information content (AvgIpc) is 3.50. The normalized spacial score (nSPS) is 16.1. The fraction of sp³-hybridized carbons (Fsp3) is 0.361. The number of nitrogens with zero attached hydrogens (tertiary/aromatic N) is 3. The third-order valence-corrected chi connectivity index (χ3v) is 9.15. The molecule has 0 saturated carbocycles. The summed E-state index contributed by atoms with van der Waals surface area (Å²) in [6.07, 6.45) is 9.41. The van der Waals surface area contributed by atoms with Crippen molar-refractivity contribution in [2.75, 3.05) is 30.9 Å². The van der Waals surface area contributed by atoms with Crippen molar-refractivity contribution in [3.63, 3.8) is 0 Å². The Morgan fingerprint density at radius 2 is 1.90 bits per heavy atom. The summed E-state index contributed by atoms with van der Waals surface area (Å²) in [5, 5.41) is 9.21. The molecule has 2 aromatic heterocycles. The van der Waals surface area contributed by atoms with Crippen molar-refractivity contribution in [3.8, 4) is 5.88 Å². The van der Waals surface area contributed by atoms with Gasteiger partial charge in [0.05, 0.1) is 36.7 Å². The summed E-state index contributed by atoms with van der Waals surface area (Å²) >= 11 is 0. The minimum atomic E-state index is -3.67. The van der Waals surface area contributed by atoms with Gasteiger partial charge in [-0.25, -0.2) is 22.2 Å². The van der Waals surface area contributed by atoms with Crippen LogP contribution in [0.1, 0.15) is 73.2 Å². The summed E-state index contributed by atoms with van der Waals surface area (Å²) < 4.78 is 65.4. The molecule has 4 N–H and O–H groups in total. The van der Waals surface area contributed by atoms with E-state index in [1.165, 1.54) is 29.4 Å². The Morgan fingerprint density at radius 1 is 1.13 bits per heavy atom. The lowest BCUT2D eigenvalue weighted by Gasteiger charge is -2.26. The maximum Gasteiger partial charge on any atom is 0.254 e. The number of hydrogen-bond donors (Lipinski definition) is 3. The molecule has 0 radical (unpaired) electrons. The number of aromatic nitrogens is 2. The van der Waals surface area contributed by atoms with Gasteiger partial charge in [-0.15, -0.1) is 0 Å². The topological polar surface area (TPSA) is 187 Å². The number of nitrogens with one attached hydrogen (secondary N) is 2. The third kappa shape index (κ3) is 9.69. The Kier molecular flexibility index (Phi) is 13.4. The van der Waals surface area contributed by atoms with E-state index in [-0.39, 0.29) is 47.5 Å². The highest BCUT2D eigenvalue weighted by atomic mass is 32.2. The van der Waals surface area contributed by atoms with Gasteiger partial charge in [-0.2, -0.15) is 0 Å². The van der Waals surface area contributed by atoms with Gasteiger partial charge in [-0.3, -0.25) is 9.59 Å². The summed E-state index contributed by atoms with van der Waals surface area (Å²) in [6.45, 7) is 6.03. The smallest absolute Gasteiger partial charge is 0.254 e. The second-order valence-electron chi connectivity index (χ2n) is 12.5. The van der Waals surface area contributed by atoms with Crippen LogP contribution in [-0.4, -0.2) is 63.1 Å². The predicted octanol–water partition coefficient (Wildman–Crippen LogP) is 4.84. The van der Waals surface area contributed by atoms with Crippen LogP contribution in [0.2, 0.25) is 0 Å². The van der Waals surface area contributed by atoms with Crippen LogP contribution in [-0.2, 0) is 25.2 Å². The molecule has 2 amide bonds. The van der Waals surface area contributed by atoms with Crippen LogP contribution in [0.25, 0.3) is 5.57 Å². The molecule has 0 bridgehead atoms. The number of pyridine rings is 1. The average molecular weight is 741 g/mol. The number of rotatable bonds is 16. The lowest BCUT2D eigenvalue weighted by molar-refractivity contribution is -0.110. The first-order chi connectivity index (χ1) is 24.8. The van der Waals surface area contributed by atoms with Crippen molar-refractivity contribution in [3.05, 3.63) is 94.2 Å². The van der Waals surface area contributed by atoms with E-state index in [1.807, 2.05) is 13.8 Å². The summed E-state index contributed by atoms with van der Waals surface area (Å²) in [5.74, 6) is -2.89. The van der Waals surface area contributed by atoms with Crippen molar-refractivity contribution in [1.82, 2.24) is 20.8 Å². The highest BCUT2D eigenvalue weighted by molar-refractivity contribution is 7.89. The maximum absolute atomic E-state index is 15.3. The molecule has 0 fully saturated rings. The molecule has 52 heavy (non-hydrogen) atoms. The Hall–Kier alpha value is -5.38. The molecule has 3 heterocycles. The molecule has 13 nitrogen and oxygen atoms in total. The number of anilines is 2. The van der Waals surface area contributed by atoms with Crippen LogP contribution in [0.3, 0.4) is 0 Å². The van der Waals surface area contributed by atoms with Gasteiger partial charge in [0.25, 0.3) is 11.8 Å². The van der Waals surface area contributed by atoms with E-state index >= 15 is 4.39 Å². The molecular weight excluding hydrogens is 698 g/mol. The van der Waals surface area contributed by atoms with Crippen LogP contribution in [0, 0.1) is 17.6 Å². The van der Waals surface area contributed by atoms with Crippen molar-refractivity contribution >= 4 is 45.5 Å². The molecule has 1 aromatic carbocycles. The number of aldehydes is 1. The molecule has 278 valence electrons. The molecular formula is C36H42F2N6O7S. The Bertz CT molecular complexity index is 1990. The Morgan fingerprint density at radius 3 is 2.54 bits per heavy atom. The molecule has 4 rings (SSSR count). The lowest BCUT2D eigenvalue weighted by Crippen LogP contribution is -2.27. The molecule has 1 aliphatic rings. The quantitative estimate of drug-likeness (QED) is 0.135. The molecule has 1 aliphatic heterocycles. The standard InChI is InChI=1S/C36H42F2N6O7S/c1-5-26-24(15-39)18-44(35-31(38)12-25(37)16-42-35)32-13-27(23(20-52(4,48)49)11-28(32)29(26)17-40-21-46)36(47)41-9-7-6-8-10-50-34-14-33(51-43-34)30(19-45)22(2)3/h5,11-17,19,21-22,30H,6-10,18,20,39H2,1-4H3,(H,40,46)(H,41,47)/b24-15-,26-5-,29-17+. The number of nitrogens with two attached hydrogens (primary N) is 1. The van der Waals surface area contributed by atoms with Crippen molar-refractivity contribution < 1.29 is 40.8 Å². The molecule has 0 saturated heterocycles. The molecule has 0 aliphatic carbocycles. The summed E-state index contributed by atoms with van der Waals surface area (Å²) in [7, 11) is -3.67. The Balaban J connectivity index is 1.61. The molecule has 16 heteroatoms. The number of allylic oxidation sites excluding steroid dienone is 2. The van der Waals surface area contributed by atoms with E-state index in [0.29, 0.717) is 66.4 Å². The van der Waals surface area contributed by atoms with Crippen molar-refractivity contribution in [1.29, 1.82) is 0 Å². The van der Waals surface area contributed by atoms with E-state index in [0.717, 1.165) is 18.7 Å². The monoisotopic (exact) mass is 740 g/mol. The van der Waals surface area contributed by atoms with E-state index < -0.39 is 39.0 Å². The number of amides is 2. The first-order valence-electron chi connectivity index (χ1n) is 16.6. The van der Waals surface area contributed by atoms with Gasteiger partial charge in [0, 0.05) is 47.8 Å². The number of hydrogen-bond acceptors (Lipinski definition) is 11. The van der Waals surface area contributed by atoms with Gasteiger partial charge in [-0.05, 0) is 72.3 Å². The number of carbonyl (C=O) groups is 3. The van der Waals surface area contributed by atoms with E-state index in [1.54, 1.807) is 19.1 Å². The van der Waals surface area contributed by atoms with Gasteiger partial charge in [0.1, 0.15) is 12.1 Å². The van der Waals surface area contributed by atoms with E-state index in [2.05, 4.69) is 20.8 Å². The zero-order valence-electron chi connectivity index (χ0n) is 29.3. The SMILES string of the molecule is C/C=C1C(=C\N)/CN(c2ncc(F)cc2F)c2cc(C(=O)NCCCCCOc3cc(C(C=O)C(C)C)on3)c(CS(C)(=O)=O)cc2C/1=C/NC=O. The zero-order valence-corrected chi connectivity index (χ0v) is 30.1. The van der Waals surface area contributed by atoms with Crippen LogP contribution < -0.4 is 26.0 Å². The first-order valence-corrected chi connectivity index (χ1v) is 18.6. The van der Waals surface area contributed by atoms with Crippen LogP contribution in [0.4, 0.5) is 20.3 Å². The number of halogens is 2. The van der Waals surface area contributed by atoms with Gasteiger partial charge in [0.2, 0.25) is 6.41 Å². The van der Waals surface area contributed by atoms with Crippen LogP contribution >= 0.6 is 0 Å². The molecule has 0 spiro atoms. The second kappa shape index (κ2) is 17.7. The van der Waals surface area contributed by atoms with Gasteiger partial charge < -0.3 is 35.3 Å². The van der Waals surface area contributed by atoms with Crippen molar-refractivity contribution in [2.24, 2.45) is 11.7 Å². The number of ether oxygens (including phenoxy) is 1. The van der Waals surface area contributed by atoms with Crippen LogP contribution in [0.5, 0.6) is 5.88 Å². The summed E-state index contributed by atoms with van der Waals surface area (Å²) in [5.41, 5.74) is 8.19. The van der Waals surface area contributed by atoms with Crippen molar-refractivity contribution in [2.45, 2.75) is 51.7 Å². The Labute approximate surface area is 300 Å². The largest absolute Gasteiger partial charge is 0.476 e. The number of fused-ring (bicyclic) bond motifs is 1. The number of carbonyl (C=O) groups excluding carboxylic acids is 3. The molecule has 1 atom stereocenters. The maximum atomic E-state index is 15.3. The van der Waals surface area contributed by atoms with Gasteiger partial charge in [0.15, 0.2) is 27.2 Å². The number of unbranched alkanes of at least 4 members (excludes halogenated alkanes) is 2. The number of sulfone groups is 1.